The molecule has 17 heavy (non-hydrogen) atoms. The third-order valence-electron chi connectivity index (χ3n) is 3.49. The third kappa shape index (κ3) is 1.42. The van der Waals surface area contributed by atoms with Crippen LogP contribution < -0.4 is 5.73 Å². The van der Waals surface area contributed by atoms with Gasteiger partial charge in [0.15, 0.2) is 0 Å². The molecule has 0 saturated heterocycles. The summed E-state index contributed by atoms with van der Waals surface area (Å²) in [7, 11) is 0. The first kappa shape index (κ1) is 10.3. The van der Waals surface area contributed by atoms with Gasteiger partial charge in [-0.25, -0.2) is 0 Å². The van der Waals surface area contributed by atoms with Crippen LogP contribution in [0.25, 0.3) is 10.9 Å². The monoisotopic (exact) mass is 226 g/mol. The highest BCUT2D eigenvalue weighted by molar-refractivity contribution is 6.07. The number of hydrogen-bond donors (Lipinski definition) is 1. The zero-order valence-electron chi connectivity index (χ0n) is 9.79. The van der Waals surface area contributed by atoms with E-state index in [-0.39, 0.29) is 5.91 Å². The van der Waals surface area contributed by atoms with Gasteiger partial charge in [-0.2, -0.15) is 0 Å². The number of pyridine rings is 1. The van der Waals surface area contributed by atoms with Crippen LogP contribution in [0.1, 0.15) is 33.6 Å². The summed E-state index contributed by atoms with van der Waals surface area (Å²) in [6.07, 6.45) is 2.95. The van der Waals surface area contributed by atoms with Gasteiger partial charge in [-0.15, -0.1) is 0 Å². The Morgan fingerprint density at radius 2 is 2.18 bits per heavy atom. The van der Waals surface area contributed by atoms with Gasteiger partial charge in [0.2, 0.25) is 5.91 Å². The molecule has 0 spiro atoms. The van der Waals surface area contributed by atoms with E-state index in [4.69, 9.17) is 10.7 Å². The SMILES string of the molecule is Cc1cccc2c(C(N)=O)c3c(nc12)CCC3. The number of hydrogen-bond acceptors (Lipinski definition) is 2. The van der Waals surface area contributed by atoms with Gasteiger partial charge in [0.05, 0.1) is 11.1 Å². The first-order valence-electron chi connectivity index (χ1n) is 5.89. The van der Waals surface area contributed by atoms with Crippen LogP contribution in [0.2, 0.25) is 0 Å². The lowest BCUT2D eigenvalue weighted by atomic mass is 9.99. The number of benzene rings is 1. The summed E-state index contributed by atoms with van der Waals surface area (Å²) in [5.74, 6) is -0.332. The fourth-order valence-corrected chi connectivity index (χ4v) is 2.71. The van der Waals surface area contributed by atoms with Crippen LogP contribution in [0.5, 0.6) is 0 Å². The number of amides is 1. The molecule has 1 amide bonds. The lowest BCUT2D eigenvalue weighted by molar-refractivity contribution is 0.100. The van der Waals surface area contributed by atoms with Gasteiger partial charge in [0.1, 0.15) is 0 Å². The Kier molecular flexibility index (Phi) is 2.15. The Labute approximate surface area is 99.7 Å². The zero-order chi connectivity index (χ0) is 12.0. The summed E-state index contributed by atoms with van der Waals surface area (Å²) in [5, 5.41) is 0.901. The highest BCUT2D eigenvalue weighted by atomic mass is 16.1. The Morgan fingerprint density at radius 3 is 2.94 bits per heavy atom. The van der Waals surface area contributed by atoms with Crippen LogP contribution in [0.15, 0.2) is 18.2 Å². The molecule has 0 unspecified atom stereocenters. The van der Waals surface area contributed by atoms with Crippen LogP contribution in [0.4, 0.5) is 0 Å². The molecule has 0 bridgehead atoms. The van der Waals surface area contributed by atoms with Crippen molar-refractivity contribution in [2.45, 2.75) is 26.2 Å². The van der Waals surface area contributed by atoms with Crippen molar-refractivity contribution in [3.05, 3.63) is 40.6 Å². The highest BCUT2D eigenvalue weighted by Crippen LogP contribution is 2.30. The molecule has 0 atom stereocenters. The van der Waals surface area contributed by atoms with Crippen molar-refractivity contribution in [1.82, 2.24) is 4.98 Å². The molecule has 3 rings (SSSR count). The fraction of sp³-hybridized carbons (Fsp3) is 0.286. The van der Waals surface area contributed by atoms with Crippen molar-refractivity contribution in [3.63, 3.8) is 0 Å². The third-order valence-corrected chi connectivity index (χ3v) is 3.49. The van der Waals surface area contributed by atoms with Gasteiger partial charge in [-0.3, -0.25) is 9.78 Å². The molecule has 1 heterocycles. The van der Waals surface area contributed by atoms with E-state index in [1.807, 2.05) is 25.1 Å². The van der Waals surface area contributed by atoms with Crippen molar-refractivity contribution in [1.29, 1.82) is 0 Å². The lowest BCUT2D eigenvalue weighted by Gasteiger charge is -2.10. The number of carbonyl (C=O) groups excluding carboxylic acids is 1. The summed E-state index contributed by atoms with van der Waals surface area (Å²) < 4.78 is 0. The minimum absolute atomic E-state index is 0.332. The van der Waals surface area contributed by atoms with E-state index >= 15 is 0 Å². The molecular formula is C14H14N2O. The fourth-order valence-electron chi connectivity index (χ4n) is 2.71. The topological polar surface area (TPSA) is 56.0 Å². The van der Waals surface area contributed by atoms with E-state index in [0.717, 1.165) is 47.0 Å². The molecule has 0 fully saturated rings. The number of fused-ring (bicyclic) bond motifs is 2. The Hall–Kier alpha value is -1.90. The van der Waals surface area contributed by atoms with Gasteiger partial charge in [0, 0.05) is 11.1 Å². The van der Waals surface area contributed by atoms with Gasteiger partial charge < -0.3 is 5.73 Å². The smallest absolute Gasteiger partial charge is 0.249 e. The van der Waals surface area contributed by atoms with E-state index in [1.165, 1.54) is 0 Å². The van der Waals surface area contributed by atoms with Crippen LogP contribution in [-0.2, 0) is 12.8 Å². The second-order valence-corrected chi connectivity index (χ2v) is 4.60. The van der Waals surface area contributed by atoms with Crippen molar-refractivity contribution in [2.75, 3.05) is 0 Å². The number of nitrogens with zero attached hydrogens (tertiary/aromatic N) is 1. The number of aryl methyl sites for hydroxylation is 2. The number of primary amides is 1. The van der Waals surface area contributed by atoms with Gasteiger partial charge in [0.25, 0.3) is 0 Å². The molecule has 0 saturated carbocycles. The van der Waals surface area contributed by atoms with Crippen molar-refractivity contribution in [3.8, 4) is 0 Å². The van der Waals surface area contributed by atoms with Crippen LogP contribution in [-0.4, -0.2) is 10.9 Å². The summed E-state index contributed by atoms with van der Waals surface area (Å²) in [4.78, 5) is 16.4. The first-order chi connectivity index (χ1) is 8.18. The van der Waals surface area contributed by atoms with Crippen LogP contribution >= 0.6 is 0 Å². The normalized spacial score (nSPS) is 13.9. The number of carbonyl (C=O) groups is 1. The predicted octanol–water partition coefficient (Wildman–Crippen LogP) is 2.13. The van der Waals surface area contributed by atoms with E-state index < -0.39 is 0 Å². The molecule has 2 N–H and O–H groups in total. The Morgan fingerprint density at radius 1 is 1.35 bits per heavy atom. The van der Waals surface area contributed by atoms with Gasteiger partial charge in [-0.05, 0) is 37.3 Å². The molecule has 3 nitrogen and oxygen atoms in total. The lowest BCUT2D eigenvalue weighted by Crippen LogP contribution is -2.15. The maximum atomic E-state index is 11.7. The number of nitrogens with two attached hydrogens (primary N) is 1. The minimum Gasteiger partial charge on any atom is -0.366 e. The molecular weight excluding hydrogens is 212 g/mol. The van der Waals surface area contributed by atoms with Crippen molar-refractivity contribution >= 4 is 16.8 Å². The van der Waals surface area contributed by atoms with Crippen molar-refractivity contribution < 1.29 is 4.79 Å². The molecule has 0 radical (unpaired) electrons. The largest absolute Gasteiger partial charge is 0.366 e. The van der Waals surface area contributed by atoms with E-state index in [0.29, 0.717) is 5.56 Å². The number of rotatable bonds is 1. The molecule has 1 aromatic heterocycles. The Bertz CT molecular complexity index is 632. The zero-order valence-corrected chi connectivity index (χ0v) is 9.79. The van der Waals surface area contributed by atoms with E-state index in [1.54, 1.807) is 0 Å². The second kappa shape index (κ2) is 3.55. The first-order valence-corrected chi connectivity index (χ1v) is 5.89. The minimum atomic E-state index is -0.332. The van der Waals surface area contributed by atoms with E-state index in [2.05, 4.69) is 0 Å². The maximum absolute atomic E-state index is 11.7. The predicted molar refractivity (Wildman–Crippen MR) is 67.0 cm³/mol. The maximum Gasteiger partial charge on any atom is 0.249 e. The van der Waals surface area contributed by atoms with Crippen LogP contribution in [0, 0.1) is 6.92 Å². The standard InChI is InChI=1S/C14H14N2O/c1-8-4-2-6-10-12(14(15)17)9-5-3-7-11(9)16-13(8)10/h2,4,6H,3,5,7H2,1H3,(H2,15,17). The molecule has 1 aliphatic rings. The molecule has 86 valence electrons. The summed E-state index contributed by atoms with van der Waals surface area (Å²) in [6.45, 7) is 2.02. The Balaban J connectivity index is 2.49. The highest BCUT2D eigenvalue weighted by Gasteiger charge is 2.22. The molecule has 0 aliphatic heterocycles. The number of aromatic nitrogens is 1. The second-order valence-electron chi connectivity index (χ2n) is 4.60. The van der Waals surface area contributed by atoms with E-state index in [9.17, 15) is 4.79 Å². The average Bonchev–Trinajstić information content (AvgIpc) is 2.74. The molecule has 1 aliphatic carbocycles. The summed E-state index contributed by atoms with van der Waals surface area (Å²) in [5.41, 5.74) is 10.4. The summed E-state index contributed by atoms with van der Waals surface area (Å²) in [6, 6.07) is 5.91. The molecule has 1 aromatic carbocycles. The molecule has 2 aromatic rings. The quantitative estimate of drug-likeness (QED) is 0.809. The van der Waals surface area contributed by atoms with Crippen LogP contribution in [0.3, 0.4) is 0 Å². The number of para-hydroxylation sites is 1. The van der Waals surface area contributed by atoms with Gasteiger partial charge in [-0.1, -0.05) is 18.2 Å². The average molecular weight is 226 g/mol. The van der Waals surface area contributed by atoms with Gasteiger partial charge >= 0.3 is 0 Å². The van der Waals surface area contributed by atoms with Crippen molar-refractivity contribution in [2.24, 2.45) is 5.73 Å². The molecule has 3 heteroatoms. The summed E-state index contributed by atoms with van der Waals surface area (Å²) >= 11 is 0.